The number of allylic oxidation sites excluding steroid dienone is 1. The fourth-order valence-corrected chi connectivity index (χ4v) is 9.68. The summed E-state index contributed by atoms with van der Waals surface area (Å²) >= 11 is 0. The predicted molar refractivity (Wildman–Crippen MR) is 144 cm³/mol. The van der Waals surface area contributed by atoms with Crippen molar-refractivity contribution in [1.29, 1.82) is 0 Å². The zero-order valence-electron chi connectivity index (χ0n) is 23.0. The summed E-state index contributed by atoms with van der Waals surface area (Å²) in [5, 5.41) is 0. The number of fused-ring (bicyclic) bond motifs is 3. The lowest BCUT2D eigenvalue weighted by Gasteiger charge is -2.66. The number of nitrogens with zero attached hydrogens (tertiary/aromatic N) is 1. The molecule has 0 aromatic heterocycles. The third-order valence-corrected chi connectivity index (χ3v) is 11.6. The first-order valence-corrected chi connectivity index (χ1v) is 16.7. The molecule has 216 valence electrons. The molecule has 3 aliphatic carbocycles. The quantitative estimate of drug-likeness (QED) is 0.312. The molecule has 0 bridgehead atoms. The van der Waals surface area contributed by atoms with Gasteiger partial charge in [-0.3, -0.25) is 13.9 Å². The Kier molecular flexibility index (Phi) is 7.93. The maximum absolute atomic E-state index is 12.4. The molecule has 0 saturated heterocycles. The molecule has 0 radical (unpaired) electrons. The second-order valence-electron chi connectivity index (χ2n) is 13.2. The fraction of sp³-hybridized carbons (Fsp3) is 0.815. The van der Waals surface area contributed by atoms with Crippen molar-refractivity contribution < 1.29 is 34.9 Å². The van der Waals surface area contributed by atoms with Crippen molar-refractivity contribution in [2.24, 2.45) is 34.0 Å². The van der Waals surface area contributed by atoms with E-state index in [1.165, 1.54) is 30.4 Å². The molecular formula is C27H43NO8S2. The molecule has 2 N–H and O–H groups in total. The summed E-state index contributed by atoms with van der Waals surface area (Å²) < 4.78 is 68.1. The van der Waals surface area contributed by atoms with Gasteiger partial charge in [0, 0.05) is 19.2 Å². The van der Waals surface area contributed by atoms with Crippen LogP contribution in [0.4, 0.5) is 0 Å². The van der Waals surface area contributed by atoms with E-state index in [9.17, 15) is 26.2 Å². The van der Waals surface area contributed by atoms with E-state index in [0.717, 1.165) is 30.4 Å². The van der Waals surface area contributed by atoms with Gasteiger partial charge in [-0.2, -0.15) is 16.8 Å². The molecule has 0 aromatic carbocycles. The van der Waals surface area contributed by atoms with Crippen LogP contribution < -0.4 is 0 Å². The Morgan fingerprint density at radius 3 is 2.39 bits per heavy atom. The second kappa shape index (κ2) is 10.2. The minimum Gasteiger partial charge on any atom is -0.370 e. The van der Waals surface area contributed by atoms with E-state index in [2.05, 4.69) is 27.7 Å². The molecule has 0 spiro atoms. The average Bonchev–Trinajstić information content (AvgIpc) is 3.12. The molecule has 11 heteroatoms. The summed E-state index contributed by atoms with van der Waals surface area (Å²) in [6.45, 7) is 9.85. The van der Waals surface area contributed by atoms with Crippen LogP contribution in [0.25, 0.3) is 0 Å². The smallest absolute Gasteiger partial charge is 0.370 e. The van der Waals surface area contributed by atoms with Crippen LogP contribution >= 0.6 is 0 Å². The Morgan fingerprint density at radius 1 is 1.03 bits per heavy atom. The Hall–Kier alpha value is -1.43. The van der Waals surface area contributed by atoms with Crippen molar-refractivity contribution >= 4 is 26.4 Å². The highest BCUT2D eigenvalue weighted by molar-refractivity contribution is 7.85. The number of carbonyl (C=O) groups excluding carboxylic acids is 1. The Balaban J connectivity index is 1.57. The molecule has 3 fully saturated rings. The molecule has 9 nitrogen and oxygen atoms in total. The highest BCUT2D eigenvalue weighted by Gasteiger charge is 2.61. The van der Waals surface area contributed by atoms with Gasteiger partial charge in [-0.25, -0.2) is 0 Å². The van der Waals surface area contributed by atoms with Crippen LogP contribution in [0.2, 0.25) is 0 Å². The third-order valence-electron chi connectivity index (χ3n) is 10.5. The van der Waals surface area contributed by atoms with Gasteiger partial charge in [0.05, 0.1) is 5.75 Å². The molecule has 3 saturated carbocycles. The van der Waals surface area contributed by atoms with Gasteiger partial charge in [0.15, 0.2) is 0 Å². The van der Waals surface area contributed by atoms with Gasteiger partial charge < -0.3 is 9.08 Å². The topological polar surface area (TPSA) is 138 Å². The Labute approximate surface area is 227 Å². The lowest BCUT2D eigenvalue weighted by atomic mass is 9.39. The summed E-state index contributed by atoms with van der Waals surface area (Å²) in [4.78, 5) is 13.8. The summed E-state index contributed by atoms with van der Waals surface area (Å²) in [6.07, 6.45) is 11.5. The molecule has 5 atom stereocenters. The number of hydrogen-bond acceptors (Lipinski definition) is 6. The minimum atomic E-state index is -4.61. The van der Waals surface area contributed by atoms with E-state index in [4.69, 9.17) is 8.74 Å². The lowest BCUT2D eigenvalue weighted by Crippen LogP contribution is -2.58. The highest BCUT2D eigenvalue weighted by Crippen LogP contribution is 2.69. The van der Waals surface area contributed by atoms with Crippen LogP contribution in [0.5, 0.6) is 0 Å². The molecule has 4 aliphatic rings. The van der Waals surface area contributed by atoms with E-state index in [-0.39, 0.29) is 34.6 Å². The molecule has 1 heterocycles. The second-order valence-corrected chi connectivity index (χ2v) is 15.8. The van der Waals surface area contributed by atoms with Gasteiger partial charge in [0.25, 0.3) is 10.1 Å². The normalized spacial score (nSPS) is 36.5. The van der Waals surface area contributed by atoms with Crippen LogP contribution in [-0.4, -0.2) is 55.6 Å². The minimum absolute atomic E-state index is 0.0219. The van der Waals surface area contributed by atoms with E-state index in [0.29, 0.717) is 37.6 Å². The van der Waals surface area contributed by atoms with Crippen LogP contribution in [0.15, 0.2) is 23.5 Å². The zero-order chi connectivity index (χ0) is 28.1. The molecular weight excluding hydrogens is 530 g/mol. The maximum Gasteiger partial charge on any atom is 0.445 e. The first-order valence-electron chi connectivity index (χ1n) is 13.7. The van der Waals surface area contributed by atoms with Crippen LogP contribution in [0, 0.1) is 34.0 Å². The highest BCUT2D eigenvalue weighted by atomic mass is 32.3. The monoisotopic (exact) mass is 573 g/mol. The average molecular weight is 574 g/mol. The predicted octanol–water partition coefficient (Wildman–Crippen LogP) is 4.79. The van der Waals surface area contributed by atoms with E-state index >= 15 is 0 Å². The zero-order valence-corrected chi connectivity index (χ0v) is 24.6. The van der Waals surface area contributed by atoms with Crippen molar-refractivity contribution in [1.82, 2.24) is 4.90 Å². The summed E-state index contributed by atoms with van der Waals surface area (Å²) in [7, 11) is -8.78. The SMILES string of the molecule is CC1(C)CCC[C@]2(C)[C@H]3CC/C(=C\OS(=O)(=O)O)[C@H](CCC4=CC(=O)N(CCS(=O)(=O)O)C4)[C@@]3(C)CC[C@@H]12. The molecule has 0 aromatic rings. The van der Waals surface area contributed by atoms with Crippen molar-refractivity contribution in [3.63, 3.8) is 0 Å². The van der Waals surface area contributed by atoms with Crippen molar-refractivity contribution in [3.05, 3.63) is 23.5 Å². The third kappa shape index (κ3) is 6.00. The molecule has 1 aliphatic heterocycles. The Bertz CT molecular complexity index is 1220. The van der Waals surface area contributed by atoms with Gasteiger partial charge in [-0.1, -0.05) is 34.1 Å². The number of carbonyl (C=O) groups is 1. The van der Waals surface area contributed by atoms with E-state index in [1.54, 1.807) is 6.08 Å². The summed E-state index contributed by atoms with van der Waals surface area (Å²) in [5.74, 6) is 0.353. The standard InChI is InChI=1S/C27H43NO8S2/c1-25(2)11-5-12-27(4)22(25)10-13-26(3)21(20(7-9-23(26)27)18-36-38(33,34)35)8-6-19-16-24(29)28(17-19)14-15-37(30,31)32/h16,18,21-23H,5-15,17H2,1-4H3,(H,30,31,32)(H,33,34,35)/b20-18+/t21-,22-,23-,26+,27-/m0/s1. The first-order chi connectivity index (χ1) is 17.4. The summed E-state index contributed by atoms with van der Waals surface area (Å²) in [6, 6.07) is 0. The first kappa shape index (κ1) is 29.6. The van der Waals surface area contributed by atoms with Crippen LogP contribution in [0.1, 0.15) is 85.5 Å². The number of rotatable bonds is 8. The summed E-state index contributed by atoms with van der Waals surface area (Å²) in [5.41, 5.74) is 2.17. The molecule has 4 rings (SSSR count). The lowest BCUT2D eigenvalue weighted by molar-refractivity contribution is -0.154. The molecule has 0 unspecified atom stereocenters. The molecule has 38 heavy (non-hydrogen) atoms. The van der Waals surface area contributed by atoms with E-state index < -0.39 is 26.3 Å². The van der Waals surface area contributed by atoms with Gasteiger partial charge in [-0.15, -0.1) is 0 Å². The van der Waals surface area contributed by atoms with Crippen LogP contribution in [-0.2, 0) is 29.5 Å². The van der Waals surface area contributed by atoms with Gasteiger partial charge in [0.2, 0.25) is 5.91 Å². The van der Waals surface area contributed by atoms with Crippen molar-refractivity contribution in [2.45, 2.75) is 85.5 Å². The maximum atomic E-state index is 12.4. The molecule has 1 amide bonds. The van der Waals surface area contributed by atoms with E-state index in [1.807, 2.05) is 0 Å². The van der Waals surface area contributed by atoms with Gasteiger partial charge >= 0.3 is 10.4 Å². The number of hydrogen-bond donors (Lipinski definition) is 2. The van der Waals surface area contributed by atoms with Gasteiger partial charge in [0.1, 0.15) is 6.26 Å². The fourth-order valence-electron chi connectivity index (χ4n) is 8.98. The van der Waals surface area contributed by atoms with Crippen LogP contribution in [0.3, 0.4) is 0 Å². The number of amides is 1. The van der Waals surface area contributed by atoms with Crippen molar-refractivity contribution in [2.75, 3.05) is 18.8 Å². The van der Waals surface area contributed by atoms with Gasteiger partial charge in [-0.05, 0) is 96.5 Å². The largest absolute Gasteiger partial charge is 0.445 e. The Morgan fingerprint density at radius 2 is 1.74 bits per heavy atom. The van der Waals surface area contributed by atoms with Crippen molar-refractivity contribution in [3.8, 4) is 0 Å².